The molecule has 108 valence electrons. The number of hydrogen-bond donors (Lipinski definition) is 2. The maximum Gasteiger partial charge on any atom is 0.223 e. The molecule has 3 unspecified atom stereocenters. The standard InChI is InChI=1S/C15H17Cl2NO2/c16-8-4-5-11(12(17)6-8)13(19)7-18-15(20)14-9-2-1-3-10(9)14/h4-6,9-10,13-14,19H,1-3,7H2,(H,18,20). The molecule has 3 nitrogen and oxygen atoms in total. The van der Waals surface area contributed by atoms with Crippen LogP contribution < -0.4 is 5.32 Å². The Labute approximate surface area is 128 Å². The van der Waals surface area contributed by atoms with Crippen molar-refractivity contribution < 1.29 is 9.90 Å². The predicted octanol–water partition coefficient (Wildman–Crippen LogP) is 3.19. The van der Waals surface area contributed by atoms with Gasteiger partial charge in [-0.25, -0.2) is 0 Å². The van der Waals surface area contributed by atoms with Gasteiger partial charge in [-0.1, -0.05) is 35.7 Å². The maximum atomic E-state index is 12.0. The second-order valence-electron chi connectivity index (χ2n) is 5.71. The van der Waals surface area contributed by atoms with Crippen LogP contribution in [0.25, 0.3) is 0 Å². The summed E-state index contributed by atoms with van der Waals surface area (Å²) in [4.78, 5) is 12.0. The third-order valence-electron chi connectivity index (χ3n) is 4.50. The van der Waals surface area contributed by atoms with Gasteiger partial charge in [-0.15, -0.1) is 0 Å². The molecule has 20 heavy (non-hydrogen) atoms. The number of carbonyl (C=O) groups is 1. The molecule has 0 radical (unpaired) electrons. The fourth-order valence-electron chi connectivity index (χ4n) is 3.41. The van der Waals surface area contributed by atoms with E-state index >= 15 is 0 Å². The molecular weight excluding hydrogens is 297 g/mol. The van der Waals surface area contributed by atoms with E-state index in [4.69, 9.17) is 23.2 Å². The van der Waals surface area contributed by atoms with Gasteiger partial charge in [0.15, 0.2) is 0 Å². The van der Waals surface area contributed by atoms with Gasteiger partial charge in [-0.05, 0) is 36.8 Å². The van der Waals surface area contributed by atoms with Crippen LogP contribution in [0, 0.1) is 17.8 Å². The zero-order valence-electron chi connectivity index (χ0n) is 11.0. The predicted molar refractivity (Wildman–Crippen MR) is 78.8 cm³/mol. The number of hydrogen-bond acceptors (Lipinski definition) is 2. The fraction of sp³-hybridized carbons (Fsp3) is 0.533. The minimum atomic E-state index is -0.803. The van der Waals surface area contributed by atoms with Crippen LogP contribution in [-0.2, 0) is 4.79 Å². The summed E-state index contributed by atoms with van der Waals surface area (Å²) in [5.74, 6) is 1.43. The van der Waals surface area contributed by atoms with Crippen LogP contribution in [0.15, 0.2) is 18.2 Å². The zero-order chi connectivity index (χ0) is 14.3. The van der Waals surface area contributed by atoms with Crippen molar-refractivity contribution in [1.29, 1.82) is 0 Å². The summed E-state index contributed by atoms with van der Waals surface area (Å²) in [5, 5.41) is 13.9. The Morgan fingerprint density at radius 2 is 2.05 bits per heavy atom. The van der Waals surface area contributed by atoms with Gasteiger partial charge in [0, 0.05) is 28.1 Å². The molecule has 0 aliphatic heterocycles. The quantitative estimate of drug-likeness (QED) is 0.897. The van der Waals surface area contributed by atoms with Gasteiger partial charge in [0.2, 0.25) is 5.91 Å². The SMILES string of the molecule is O=C(NCC(O)c1ccc(Cl)cc1Cl)C1C2CCCC21. The van der Waals surface area contributed by atoms with Gasteiger partial charge in [-0.3, -0.25) is 4.79 Å². The lowest BCUT2D eigenvalue weighted by atomic mass is 10.1. The molecule has 3 atom stereocenters. The Morgan fingerprint density at radius 3 is 2.70 bits per heavy atom. The number of fused-ring (bicyclic) bond motifs is 1. The Balaban J connectivity index is 1.54. The van der Waals surface area contributed by atoms with Gasteiger partial charge in [0.1, 0.15) is 0 Å². The van der Waals surface area contributed by atoms with Gasteiger partial charge >= 0.3 is 0 Å². The van der Waals surface area contributed by atoms with Gasteiger partial charge in [0.05, 0.1) is 6.10 Å². The summed E-state index contributed by atoms with van der Waals surface area (Å²) >= 11 is 11.9. The monoisotopic (exact) mass is 313 g/mol. The fourth-order valence-corrected chi connectivity index (χ4v) is 3.94. The van der Waals surface area contributed by atoms with Crippen LogP contribution in [0.5, 0.6) is 0 Å². The van der Waals surface area contributed by atoms with E-state index in [0.717, 1.165) is 0 Å². The van der Waals surface area contributed by atoms with E-state index in [1.165, 1.54) is 19.3 Å². The van der Waals surface area contributed by atoms with E-state index in [9.17, 15) is 9.90 Å². The molecule has 5 heteroatoms. The van der Waals surface area contributed by atoms with E-state index in [2.05, 4.69) is 5.32 Å². The highest BCUT2D eigenvalue weighted by Gasteiger charge is 2.56. The number of halogens is 2. The summed E-state index contributed by atoms with van der Waals surface area (Å²) < 4.78 is 0. The lowest BCUT2D eigenvalue weighted by molar-refractivity contribution is -0.123. The van der Waals surface area contributed by atoms with Crippen LogP contribution in [0.3, 0.4) is 0 Å². The first-order valence-corrected chi connectivity index (χ1v) is 7.74. The second-order valence-corrected chi connectivity index (χ2v) is 6.55. The van der Waals surface area contributed by atoms with Crippen molar-refractivity contribution in [2.24, 2.45) is 17.8 Å². The van der Waals surface area contributed by atoms with Gasteiger partial charge < -0.3 is 10.4 Å². The average Bonchev–Trinajstić information content (AvgIpc) is 2.89. The molecule has 0 heterocycles. The first-order chi connectivity index (χ1) is 9.58. The van der Waals surface area contributed by atoms with E-state index in [0.29, 0.717) is 27.4 Å². The largest absolute Gasteiger partial charge is 0.387 e. The normalized spacial score (nSPS) is 28.9. The lowest BCUT2D eigenvalue weighted by Gasteiger charge is -2.14. The highest BCUT2D eigenvalue weighted by Crippen LogP contribution is 2.57. The van der Waals surface area contributed by atoms with E-state index in [-0.39, 0.29) is 18.4 Å². The van der Waals surface area contributed by atoms with Crippen molar-refractivity contribution in [1.82, 2.24) is 5.32 Å². The van der Waals surface area contributed by atoms with E-state index in [1.54, 1.807) is 18.2 Å². The smallest absolute Gasteiger partial charge is 0.223 e. The molecule has 2 fully saturated rings. The van der Waals surface area contributed by atoms with Crippen molar-refractivity contribution in [2.45, 2.75) is 25.4 Å². The summed E-state index contributed by atoms with van der Waals surface area (Å²) in [6, 6.07) is 4.96. The van der Waals surface area contributed by atoms with Crippen molar-refractivity contribution >= 4 is 29.1 Å². The van der Waals surface area contributed by atoms with Crippen molar-refractivity contribution in [3.63, 3.8) is 0 Å². The number of rotatable bonds is 4. The Morgan fingerprint density at radius 1 is 1.35 bits per heavy atom. The Kier molecular flexibility index (Phi) is 3.93. The van der Waals surface area contributed by atoms with E-state index < -0.39 is 6.10 Å². The molecule has 0 bridgehead atoms. The molecule has 3 rings (SSSR count). The first-order valence-electron chi connectivity index (χ1n) is 6.98. The number of aliphatic hydroxyl groups is 1. The molecule has 1 aromatic rings. The first kappa shape index (κ1) is 14.2. The van der Waals surface area contributed by atoms with Crippen molar-refractivity contribution in [2.75, 3.05) is 6.54 Å². The Hall–Kier alpha value is -0.770. The molecule has 1 amide bonds. The summed E-state index contributed by atoms with van der Waals surface area (Å²) in [6.45, 7) is 0.191. The summed E-state index contributed by atoms with van der Waals surface area (Å²) in [7, 11) is 0. The third-order valence-corrected chi connectivity index (χ3v) is 5.06. The lowest BCUT2D eigenvalue weighted by Crippen LogP contribution is -2.30. The van der Waals surface area contributed by atoms with Crippen LogP contribution in [0.2, 0.25) is 10.0 Å². The third kappa shape index (κ3) is 2.67. The van der Waals surface area contributed by atoms with Crippen molar-refractivity contribution in [3.05, 3.63) is 33.8 Å². The van der Waals surface area contributed by atoms with Crippen molar-refractivity contribution in [3.8, 4) is 0 Å². The highest BCUT2D eigenvalue weighted by molar-refractivity contribution is 6.35. The minimum Gasteiger partial charge on any atom is -0.387 e. The second kappa shape index (κ2) is 5.55. The molecule has 0 spiro atoms. The Bertz CT molecular complexity index is 525. The molecule has 2 aliphatic carbocycles. The average molecular weight is 314 g/mol. The van der Waals surface area contributed by atoms with Gasteiger partial charge in [0.25, 0.3) is 0 Å². The number of aliphatic hydroxyl groups excluding tert-OH is 1. The molecule has 2 aliphatic rings. The van der Waals surface area contributed by atoms with E-state index in [1.807, 2.05) is 0 Å². The number of amides is 1. The molecule has 0 saturated heterocycles. The van der Waals surface area contributed by atoms with Crippen LogP contribution in [0.4, 0.5) is 0 Å². The number of carbonyl (C=O) groups excluding carboxylic acids is 1. The molecule has 1 aromatic carbocycles. The highest BCUT2D eigenvalue weighted by atomic mass is 35.5. The van der Waals surface area contributed by atoms with Gasteiger partial charge in [-0.2, -0.15) is 0 Å². The molecular formula is C15H17Cl2NO2. The topological polar surface area (TPSA) is 49.3 Å². The number of nitrogens with one attached hydrogen (secondary N) is 1. The molecule has 0 aromatic heterocycles. The maximum absolute atomic E-state index is 12.0. The minimum absolute atomic E-state index is 0.0730. The van der Waals surface area contributed by atoms with Crippen LogP contribution >= 0.6 is 23.2 Å². The molecule has 2 saturated carbocycles. The van der Waals surface area contributed by atoms with Crippen LogP contribution in [-0.4, -0.2) is 17.6 Å². The summed E-state index contributed by atoms with van der Waals surface area (Å²) in [6.07, 6.45) is 2.80. The molecule has 2 N–H and O–H groups in total. The zero-order valence-corrected chi connectivity index (χ0v) is 12.5. The van der Waals surface area contributed by atoms with Crippen LogP contribution in [0.1, 0.15) is 30.9 Å². The number of benzene rings is 1. The summed E-state index contributed by atoms with van der Waals surface area (Å²) in [5.41, 5.74) is 0.590.